The third-order valence-electron chi connectivity index (χ3n) is 19.4. The van der Waals surface area contributed by atoms with E-state index in [4.69, 9.17) is 9.97 Å². The molecule has 0 aliphatic carbocycles. The first-order valence-corrected chi connectivity index (χ1v) is 32.1. The molecule has 12 rings (SSSR count). The van der Waals surface area contributed by atoms with Crippen LogP contribution in [0.3, 0.4) is 0 Å². The van der Waals surface area contributed by atoms with Gasteiger partial charge in [0.15, 0.2) is 0 Å². The topological polar surface area (TPSA) is 94.2 Å². The van der Waals surface area contributed by atoms with Gasteiger partial charge in [-0.2, -0.15) is 0 Å². The molecule has 9 heterocycles. The Bertz CT molecular complexity index is 3380. The van der Waals surface area contributed by atoms with Crippen LogP contribution in [0, 0.1) is 13.8 Å². The summed E-state index contributed by atoms with van der Waals surface area (Å²) >= 11 is 0. The number of piperidine rings is 3. The Hall–Kier alpha value is -6.15. The van der Waals surface area contributed by atoms with Gasteiger partial charge in [0.05, 0.1) is 17.1 Å². The van der Waals surface area contributed by atoms with E-state index < -0.39 is 17.8 Å². The minimum atomic E-state index is -2.68. The number of aryl methyl sites for hydroxylation is 2. The van der Waals surface area contributed by atoms with Crippen molar-refractivity contribution in [2.45, 2.75) is 160 Å². The molecule has 3 atom stereocenters. The monoisotopic (exact) mass is 1210 g/mol. The van der Waals surface area contributed by atoms with Gasteiger partial charge in [-0.1, -0.05) is 42.5 Å². The maximum Gasteiger partial charge on any atom is 0.251 e. The standard InChI is InChI=1S/C70H88F6N12/c1-47-11-12-56(78-36-47)41-83(3)42-58-34-61-54(39-80-58)29-49(31-66(61)87-22-15-69(73,74)16-23-87)27-51-9-7-19-77-63(51)45-84(4)44-59-35-62-55(40-81-59)30-50(32-67(62)88-24-17-70(75,76)18-25-88)28-53-26-48(2)37-82-64(53)46-85(5)43-57-33-60-52(38-79-57)8-6-10-65(60)86-20-13-68(71,72)14-21-86/h6-12,19,26,29-32,36-37,57-59,79-81H,13-18,20-25,27-28,33-35,38-46H2,1-5H3/t57-,58-,59-/m1/s1. The van der Waals surface area contributed by atoms with E-state index in [1.165, 1.54) is 33.4 Å². The Morgan fingerprint density at radius 3 is 1.43 bits per heavy atom. The highest BCUT2D eigenvalue weighted by Gasteiger charge is 2.39. The second kappa shape index (κ2) is 26.4. The van der Waals surface area contributed by atoms with Gasteiger partial charge < -0.3 is 30.7 Å². The van der Waals surface area contributed by atoms with E-state index in [0.717, 1.165) is 120 Å². The normalized spacial score (nSPS) is 21.6. The first-order valence-electron chi connectivity index (χ1n) is 32.1. The number of alkyl halides is 6. The van der Waals surface area contributed by atoms with Gasteiger partial charge in [0.2, 0.25) is 0 Å². The third-order valence-corrected chi connectivity index (χ3v) is 19.4. The average molecular weight is 1210 g/mol. The molecular formula is C70H88F6N12. The van der Waals surface area contributed by atoms with Gasteiger partial charge in [-0.15, -0.1) is 0 Å². The van der Waals surface area contributed by atoms with Crippen LogP contribution in [0.5, 0.6) is 0 Å². The molecule has 6 aromatic rings. The van der Waals surface area contributed by atoms with Crippen molar-refractivity contribution < 1.29 is 26.3 Å². The van der Waals surface area contributed by atoms with Crippen molar-refractivity contribution >= 4 is 17.1 Å². The van der Waals surface area contributed by atoms with E-state index in [2.05, 4.69) is 139 Å². The molecule has 3 aromatic heterocycles. The Labute approximate surface area is 516 Å². The van der Waals surface area contributed by atoms with Gasteiger partial charge >= 0.3 is 0 Å². The molecule has 6 aliphatic rings. The second-order valence-corrected chi connectivity index (χ2v) is 26.8. The maximum absolute atomic E-state index is 14.8. The van der Waals surface area contributed by atoms with E-state index in [1.807, 2.05) is 37.6 Å². The van der Waals surface area contributed by atoms with Gasteiger partial charge in [-0.3, -0.25) is 29.7 Å². The molecular weight excluding hydrogens is 1120 g/mol. The fourth-order valence-electron chi connectivity index (χ4n) is 14.6. The van der Waals surface area contributed by atoms with Crippen LogP contribution >= 0.6 is 0 Å². The molecule has 6 aliphatic heterocycles. The van der Waals surface area contributed by atoms with Crippen LogP contribution in [-0.2, 0) is 71.4 Å². The zero-order chi connectivity index (χ0) is 61.3. The molecule has 3 fully saturated rings. The summed E-state index contributed by atoms with van der Waals surface area (Å²) in [6, 6.07) is 26.5. The molecule has 0 bridgehead atoms. The Morgan fingerprint density at radius 1 is 0.466 bits per heavy atom. The van der Waals surface area contributed by atoms with Crippen LogP contribution in [0.15, 0.2) is 91.4 Å². The number of nitrogens with zero attached hydrogens (tertiary/aromatic N) is 9. The number of aromatic nitrogens is 3. The number of benzene rings is 3. The first-order chi connectivity index (χ1) is 42.2. The zero-order valence-electron chi connectivity index (χ0n) is 52.1. The Kier molecular flexibility index (Phi) is 18.6. The van der Waals surface area contributed by atoms with E-state index in [-0.39, 0.29) is 56.7 Å². The van der Waals surface area contributed by atoms with Crippen molar-refractivity contribution in [3.05, 3.63) is 175 Å². The maximum atomic E-state index is 14.8. The number of anilines is 3. The molecule has 3 saturated heterocycles. The number of hydrogen-bond donors (Lipinski definition) is 3. The second-order valence-electron chi connectivity index (χ2n) is 26.8. The molecule has 0 unspecified atom stereocenters. The van der Waals surface area contributed by atoms with Crippen molar-refractivity contribution in [2.24, 2.45) is 0 Å². The largest absolute Gasteiger partial charge is 0.371 e. The number of nitrogens with one attached hydrogen (secondary N) is 3. The summed E-state index contributed by atoms with van der Waals surface area (Å²) in [5.74, 6) is -7.93. The minimum absolute atomic E-state index is 0.107. The van der Waals surface area contributed by atoms with Crippen LogP contribution in [0.1, 0.15) is 122 Å². The first kappa shape index (κ1) is 62.1. The van der Waals surface area contributed by atoms with Gasteiger partial charge in [0.1, 0.15) is 0 Å². The molecule has 88 heavy (non-hydrogen) atoms. The number of fused-ring (bicyclic) bond motifs is 3. The lowest BCUT2D eigenvalue weighted by atomic mass is 9.89. The van der Waals surface area contributed by atoms with Crippen molar-refractivity contribution in [2.75, 3.05) is 94.7 Å². The lowest BCUT2D eigenvalue weighted by Crippen LogP contribution is -2.45. The number of pyridine rings is 3. The summed E-state index contributed by atoms with van der Waals surface area (Å²) in [7, 11) is 6.40. The Morgan fingerprint density at radius 2 is 0.920 bits per heavy atom. The summed E-state index contributed by atoms with van der Waals surface area (Å²) in [4.78, 5) is 28.1. The van der Waals surface area contributed by atoms with Crippen molar-refractivity contribution in [3.63, 3.8) is 0 Å². The van der Waals surface area contributed by atoms with Crippen LogP contribution in [0.4, 0.5) is 43.4 Å². The molecule has 3 aromatic carbocycles. The Balaban J connectivity index is 0.717. The molecule has 0 amide bonds. The van der Waals surface area contributed by atoms with Crippen molar-refractivity contribution in [3.8, 4) is 0 Å². The summed E-state index contributed by atoms with van der Waals surface area (Å²) in [5.41, 5.74) is 20.4. The van der Waals surface area contributed by atoms with Gasteiger partial charge in [-0.25, -0.2) is 26.3 Å². The summed E-state index contributed by atoms with van der Waals surface area (Å²) < 4.78 is 87.3. The highest BCUT2D eigenvalue weighted by atomic mass is 19.3. The van der Waals surface area contributed by atoms with E-state index in [9.17, 15) is 26.3 Å². The SMILES string of the molecule is Cc1ccc(CN(C)C[C@H]2Cc3c(cc(Cc4cccnc4CN(C)C[C@H]4Cc5c(cc(Cc6cc(C)cnc6CN(C)C[C@H]6Cc7c(cccc7N7CCC(F)(F)CC7)CN6)cc5N5CCC(F)(F)CC5)CN4)cc3N3CCC(F)(F)CC3)CN2)nc1. The molecule has 0 saturated carbocycles. The lowest BCUT2D eigenvalue weighted by Gasteiger charge is -2.38. The van der Waals surface area contributed by atoms with Crippen molar-refractivity contribution in [1.29, 1.82) is 0 Å². The highest BCUT2D eigenvalue weighted by molar-refractivity contribution is 5.63. The fourth-order valence-corrected chi connectivity index (χ4v) is 14.6. The van der Waals surface area contributed by atoms with E-state index in [0.29, 0.717) is 78.3 Å². The molecule has 470 valence electrons. The van der Waals surface area contributed by atoms with Gasteiger partial charge in [0, 0.05) is 190 Å². The third kappa shape index (κ3) is 15.2. The fraction of sp³-hybridized carbons (Fsp3) is 0.529. The smallest absolute Gasteiger partial charge is 0.251 e. The summed E-state index contributed by atoms with van der Waals surface area (Å²) in [6.45, 7) is 12.5. The zero-order valence-corrected chi connectivity index (χ0v) is 52.1. The minimum Gasteiger partial charge on any atom is -0.371 e. The lowest BCUT2D eigenvalue weighted by molar-refractivity contribution is -0.0227. The molecule has 12 nitrogen and oxygen atoms in total. The van der Waals surface area contributed by atoms with Crippen molar-refractivity contribution in [1.82, 2.24) is 45.6 Å². The van der Waals surface area contributed by atoms with Gasteiger partial charge in [-0.05, 0) is 164 Å². The predicted molar refractivity (Wildman–Crippen MR) is 338 cm³/mol. The predicted octanol–water partition coefficient (Wildman–Crippen LogP) is 10.8. The average Bonchev–Trinajstić information content (AvgIpc) is 2.96. The van der Waals surface area contributed by atoms with Gasteiger partial charge in [0.25, 0.3) is 17.8 Å². The molecule has 0 radical (unpaired) electrons. The number of halogens is 6. The number of hydrogen-bond acceptors (Lipinski definition) is 12. The number of rotatable bonds is 19. The number of likely N-dealkylation sites (N-methyl/N-ethyl adjacent to an activating group) is 3. The van der Waals surface area contributed by atoms with Crippen LogP contribution in [0.2, 0.25) is 0 Å². The van der Waals surface area contributed by atoms with E-state index >= 15 is 0 Å². The molecule has 0 spiro atoms. The highest BCUT2D eigenvalue weighted by Crippen LogP contribution is 2.40. The van der Waals surface area contributed by atoms with Crippen LogP contribution in [0.25, 0.3) is 0 Å². The quantitative estimate of drug-likeness (QED) is 0.0675. The summed E-state index contributed by atoms with van der Waals surface area (Å²) in [5, 5.41) is 11.4. The van der Waals surface area contributed by atoms with Crippen LogP contribution in [-0.4, -0.2) is 146 Å². The molecule has 18 heteroatoms. The molecule has 3 N–H and O–H groups in total. The summed E-state index contributed by atoms with van der Waals surface area (Å²) in [6.07, 6.45) is 8.52. The van der Waals surface area contributed by atoms with Crippen LogP contribution < -0.4 is 30.7 Å². The van der Waals surface area contributed by atoms with E-state index in [1.54, 1.807) is 0 Å².